The van der Waals surface area contributed by atoms with Crippen LogP contribution in [-0.4, -0.2) is 14.9 Å². The van der Waals surface area contributed by atoms with Crippen molar-refractivity contribution in [3.05, 3.63) is 42.7 Å². The molecule has 0 saturated heterocycles. The summed E-state index contributed by atoms with van der Waals surface area (Å²) in [5, 5.41) is 13.0. The Morgan fingerprint density at radius 3 is 2.38 bits per heavy atom. The minimum absolute atomic E-state index is 0. The van der Waals surface area contributed by atoms with Gasteiger partial charge >= 0.3 is 0 Å². The molecule has 4 heteroatoms. The highest BCUT2D eigenvalue weighted by Crippen LogP contribution is 2.10. The van der Waals surface area contributed by atoms with E-state index in [4.69, 9.17) is 5.11 Å². The third-order valence-electron chi connectivity index (χ3n) is 1.59. The zero-order chi connectivity index (χ0) is 8.39. The molecule has 0 radical (unpaired) electrons. The highest BCUT2D eigenvalue weighted by Gasteiger charge is 1.96. The lowest BCUT2D eigenvalue weighted by Crippen LogP contribution is -1.92. The first-order valence-corrected chi connectivity index (χ1v) is 3.65. The second kappa shape index (κ2) is 3.96. The molecule has 1 aromatic carbocycles. The second-order valence-corrected chi connectivity index (χ2v) is 2.48. The van der Waals surface area contributed by atoms with Crippen molar-refractivity contribution in [2.24, 2.45) is 0 Å². The molecular formula is C9H9ClN2O. The van der Waals surface area contributed by atoms with E-state index in [0.717, 1.165) is 5.69 Å². The maximum Gasteiger partial charge on any atom is 0.153 e. The van der Waals surface area contributed by atoms with Gasteiger partial charge in [0.05, 0.1) is 18.1 Å². The van der Waals surface area contributed by atoms with Crippen molar-refractivity contribution in [1.29, 1.82) is 0 Å². The van der Waals surface area contributed by atoms with Crippen molar-refractivity contribution >= 4 is 12.4 Å². The van der Waals surface area contributed by atoms with Crippen LogP contribution >= 0.6 is 12.4 Å². The predicted octanol–water partition coefficient (Wildman–Crippen LogP) is 2.00. The van der Waals surface area contributed by atoms with Gasteiger partial charge < -0.3 is 5.11 Å². The second-order valence-electron chi connectivity index (χ2n) is 2.48. The number of halogens is 1. The fourth-order valence-electron chi connectivity index (χ4n) is 1.04. The van der Waals surface area contributed by atoms with Crippen LogP contribution < -0.4 is 0 Å². The van der Waals surface area contributed by atoms with Crippen molar-refractivity contribution in [2.75, 3.05) is 0 Å². The number of hydrogen-bond acceptors (Lipinski definition) is 2. The normalized spacial score (nSPS) is 9.23. The number of nitrogens with zero attached hydrogens (tertiary/aromatic N) is 2. The van der Waals surface area contributed by atoms with Crippen LogP contribution in [0.25, 0.3) is 5.69 Å². The summed E-state index contributed by atoms with van der Waals surface area (Å²) in [6.07, 6.45) is 2.97. The molecule has 0 spiro atoms. The van der Waals surface area contributed by atoms with Gasteiger partial charge in [-0.25, -0.2) is 4.68 Å². The monoisotopic (exact) mass is 196 g/mol. The highest BCUT2D eigenvalue weighted by atomic mass is 35.5. The fraction of sp³-hybridized carbons (Fsp3) is 0. The fourth-order valence-corrected chi connectivity index (χ4v) is 1.04. The van der Waals surface area contributed by atoms with E-state index in [-0.39, 0.29) is 18.2 Å². The van der Waals surface area contributed by atoms with Crippen LogP contribution in [0.4, 0.5) is 0 Å². The van der Waals surface area contributed by atoms with E-state index in [2.05, 4.69) is 5.10 Å². The van der Waals surface area contributed by atoms with Gasteiger partial charge in [0.15, 0.2) is 5.75 Å². The summed E-state index contributed by atoms with van der Waals surface area (Å²) in [6.45, 7) is 0. The molecular weight excluding hydrogens is 188 g/mol. The van der Waals surface area contributed by atoms with Crippen LogP contribution in [0, 0.1) is 0 Å². The summed E-state index contributed by atoms with van der Waals surface area (Å²) in [5.74, 6) is 0.179. The smallest absolute Gasteiger partial charge is 0.153 e. The zero-order valence-corrected chi connectivity index (χ0v) is 7.61. The SMILES string of the molecule is Cl.Oc1cnn(-c2ccccc2)c1. The standard InChI is InChI=1S/C9H8N2O.ClH/c12-9-6-10-11(7-9)8-4-2-1-3-5-8;/h1-7,12H;1H. The van der Waals surface area contributed by atoms with Gasteiger partial charge in [0.1, 0.15) is 0 Å². The summed E-state index contributed by atoms with van der Waals surface area (Å²) in [7, 11) is 0. The number of rotatable bonds is 1. The van der Waals surface area contributed by atoms with Crippen LogP contribution in [0.5, 0.6) is 5.75 Å². The van der Waals surface area contributed by atoms with Crippen LogP contribution in [-0.2, 0) is 0 Å². The van der Waals surface area contributed by atoms with Gasteiger partial charge in [0.2, 0.25) is 0 Å². The number of para-hydroxylation sites is 1. The lowest BCUT2D eigenvalue weighted by atomic mass is 10.3. The first-order chi connectivity index (χ1) is 5.86. The third-order valence-corrected chi connectivity index (χ3v) is 1.59. The molecule has 0 unspecified atom stereocenters. The molecule has 1 aromatic heterocycles. The molecule has 0 bridgehead atoms. The topological polar surface area (TPSA) is 38.1 Å². The number of hydrogen-bond donors (Lipinski definition) is 1. The average Bonchev–Trinajstić information content (AvgIpc) is 2.54. The molecule has 1 N–H and O–H groups in total. The molecule has 0 atom stereocenters. The molecule has 0 amide bonds. The minimum Gasteiger partial charge on any atom is -0.505 e. The number of benzene rings is 1. The Kier molecular flexibility index (Phi) is 2.93. The van der Waals surface area contributed by atoms with Gasteiger partial charge in [0, 0.05) is 0 Å². The van der Waals surface area contributed by atoms with Crippen molar-refractivity contribution in [3.8, 4) is 11.4 Å². The summed E-state index contributed by atoms with van der Waals surface area (Å²) in [5.41, 5.74) is 0.942. The maximum atomic E-state index is 9.03. The van der Waals surface area contributed by atoms with Crippen LogP contribution in [0.1, 0.15) is 0 Å². The molecule has 2 rings (SSSR count). The lowest BCUT2D eigenvalue weighted by molar-refractivity contribution is 0.475. The Morgan fingerprint density at radius 2 is 1.85 bits per heavy atom. The van der Waals surface area contributed by atoms with Crippen molar-refractivity contribution in [1.82, 2.24) is 9.78 Å². The van der Waals surface area contributed by atoms with Crippen molar-refractivity contribution in [3.63, 3.8) is 0 Å². The van der Waals surface area contributed by atoms with Crippen LogP contribution in [0.15, 0.2) is 42.7 Å². The Bertz CT molecular complexity index is 372. The molecule has 2 aromatic rings. The largest absolute Gasteiger partial charge is 0.505 e. The van der Waals surface area contributed by atoms with E-state index < -0.39 is 0 Å². The summed E-state index contributed by atoms with van der Waals surface area (Å²) < 4.78 is 1.62. The van der Waals surface area contributed by atoms with Gasteiger partial charge in [-0.15, -0.1) is 12.4 Å². The Labute approximate surface area is 82.0 Å². The quantitative estimate of drug-likeness (QED) is 0.758. The van der Waals surface area contributed by atoms with Crippen molar-refractivity contribution in [2.45, 2.75) is 0 Å². The summed E-state index contributed by atoms with van der Waals surface area (Å²) in [6, 6.07) is 9.63. The van der Waals surface area contributed by atoms with Crippen LogP contribution in [0.3, 0.4) is 0 Å². The number of aromatic hydroxyl groups is 1. The van der Waals surface area contributed by atoms with Gasteiger partial charge in [-0.2, -0.15) is 5.10 Å². The summed E-state index contributed by atoms with van der Waals surface area (Å²) >= 11 is 0. The van der Waals surface area contributed by atoms with E-state index >= 15 is 0 Å². The first-order valence-electron chi connectivity index (χ1n) is 3.65. The van der Waals surface area contributed by atoms with E-state index in [0.29, 0.717) is 0 Å². The number of aromatic nitrogens is 2. The van der Waals surface area contributed by atoms with Gasteiger partial charge in [-0.3, -0.25) is 0 Å². The minimum atomic E-state index is 0. The van der Waals surface area contributed by atoms with E-state index in [1.165, 1.54) is 6.20 Å². The molecule has 68 valence electrons. The lowest BCUT2D eigenvalue weighted by Gasteiger charge is -1.97. The maximum absolute atomic E-state index is 9.03. The molecule has 0 aliphatic heterocycles. The molecule has 0 saturated carbocycles. The van der Waals surface area contributed by atoms with Crippen LogP contribution in [0.2, 0.25) is 0 Å². The first kappa shape index (κ1) is 9.61. The Morgan fingerprint density at radius 1 is 1.15 bits per heavy atom. The summed E-state index contributed by atoms with van der Waals surface area (Å²) in [4.78, 5) is 0. The van der Waals surface area contributed by atoms with E-state index in [1.807, 2.05) is 30.3 Å². The Hall–Kier alpha value is -1.48. The van der Waals surface area contributed by atoms with Gasteiger partial charge in [0.25, 0.3) is 0 Å². The van der Waals surface area contributed by atoms with Gasteiger partial charge in [-0.1, -0.05) is 18.2 Å². The molecule has 13 heavy (non-hydrogen) atoms. The highest BCUT2D eigenvalue weighted by molar-refractivity contribution is 5.85. The zero-order valence-electron chi connectivity index (χ0n) is 6.79. The van der Waals surface area contributed by atoms with Crippen molar-refractivity contribution < 1.29 is 5.11 Å². The van der Waals surface area contributed by atoms with Gasteiger partial charge in [-0.05, 0) is 12.1 Å². The molecule has 3 nitrogen and oxygen atoms in total. The predicted molar refractivity (Wildman–Crippen MR) is 52.5 cm³/mol. The third kappa shape index (κ3) is 2.00. The molecule has 0 fully saturated rings. The molecule has 0 aliphatic rings. The van der Waals surface area contributed by atoms with E-state index in [1.54, 1.807) is 10.9 Å². The average molecular weight is 197 g/mol. The molecule has 1 heterocycles. The molecule has 0 aliphatic carbocycles. The van der Waals surface area contributed by atoms with E-state index in [9.17, 15) is 0 Å². The Balaban J connectivity index is 0.000000845.